The van der Waals surface area contributed by atoms with Gasteiger partial charge in [-0.3, -0.25) is 0 Å². The van der Waals surface area contributed by atoms with Crippen molar-refractivity contribution < 1.29 is 10.9 Å². The highest BCUT2D eigenvalue weighted by Crippen LogP contribution is 2.05. The van der Waals surface area contributed by atoms with Gasteiger partial charge in [-0.25, -0.2) is 9.79 Å². The highest BCUT2D eigenvalue weighted by atomic mass is 16.6. The summed E-state index contributed by atoms with van der Waals surface area (Å²) >= 11 is 0. The van der Waals surface area contributed by atoms with E-state index in [2.05, 4.69) is 9.73 Å². The molecule has 0 unspecified atom stereocenters. The molecule has 0 aromatic carbocycles. The van der Waals surface area contributed by atoms with Gasteiger partial charge in [0.15, 0.2) is 5.90 Å². The minimum Gasteiger partial charge on any atom is -0.407 e. The molecule has 0 radical (unpaired) electrons. The molecule has 0 saturated carbocycles. The predicted molar refractivity (Wildman–Crippen MR) is 28.3 cm³/mol. The van der Waals surface area contributed by atoms with Crippen molar-refractivity contribution >= 4 is 11.9 Å². The van der Waals surface area contributed by atoms with E-state index in [0.717, 1.165) is 6.55 Å². The van der Waals surface area contributed by atoms with Crippen LogP contribution in [0.1, 0.15) is 8.29 Å². The number of esters is 1. The molecule has 3 heteroatoms. The van der Waals surface area contributed by atoms with Gasteiger partial charge in [0, 0.05) is 6.92 Å². The van der Waals surface area contributed by atoms with E-state index < -0.39 is 5.97 Å². The Morgan fingerprint density at radius 2 is 2.75 bits per heavy atom. The van der Waals surface area contributed by atoms with Crippen molar-refractivity contribution in [2.24, 2.45) is 4.99 Å². The van der Waals surface area contributed by atoms with Crippen LogP contribution in [0, 0.1) is 0 Å². The second-order valence-electron chi connectivity index (χ2n) is 1.41. The van der Waals surface area contributed by atoms with Gasteiger partial charge in [0.05, 0.1) is 1.37 Å². The van der Waals surface area contributed by atoms with Crippen LogP contribution in [0.2, 0.25) is 0 Å². The van der Waals surface area contributed by atoms with Crippen molar-refractivity contribution in [2.75, 3.05) is 0 Å². The van der Waals surface area contributed by atoms with E-state index in [1.807, 2.05) is 0 Å². The summed E-state index contributed by atoms with van der Waals surface area (Å²) in [6.07, 6.45) is 0. The Morgan fingerprint density at radius 1 is 2.00 bits per heavy atom. The summed E-state index contributed by atoms with van der Waals surface area (Å²) < 4.78 is 11.1. The van der Waals surface area contributed by atoms with Gasteiger partial charge in [-0.1, -0.05) is 6.55 Å². The van der Waals surface area contributed by atoms with Crippen LogP contribution in [0.5, 0.6) is 0 Å². The van der Waals surface area contributed by atoms with Gasteiger partial charge in [0.2, 0.25) is 0 Å². The number of nitrogens with zero attached hydrogens (tertiary/aromatic N) is 1. The molecule has 0 aromatic heterocycles. The van der Waals surface area contributed by atoms with E-state index in [1.54, 1.807) is 6.92 Å². The second-order valence-corrected chi connectivity index (χ2v) is 1.41. The summed E-state index contributed by atoms with van der Waals surface area (Å²) in [5, 5.41) is 0. The maximum atomic E-state index is 10.5. The van der Waals surface area contributed by atoms with Gasteiger partial charge in [0.25, 0.3) is 0 Å². The van der Waals surface area contributed by atoms with Crippen LogP contribution >= 0.6 is 0 Å². The minimum absolute atomic E-state index is 0.0625. The van der Waals surface area contributed by atoms with Crippen molar-refractivity contribution in [1.82, 2.24) is 0 Å². The first-order valence-electron chi connectivity index (χ1n) is 2.68. The molecule has 0 N–H and O–H groups in total. The normalized spacial score (nSPS) is 25.1. The summed E-state index contributed by atoms with van der Waals surface area (Å²) in [5.74, 6) is -0.235. The van der Waals surface area contributed by atoms with Crippen LogP contribution in [-0.4, -0.2) is 11.9 Å². The molecule has 0 bridgehead atoms. The zero-order chi connectivity index (χ0) is 6.85. The van der Waals surface area contributed by atoms with Gasteiger partial charge in [-0.15, -0.1) is 0 Å². The topological polar surface area (TPSA) is 38.7 Å². The molecule has 0 aromatic rings. The summed E-state index contributed by atoms with van der Waals surface area (Å²) in [6, 6.07) is 0. The van der Waals surface area contributed by atoms with Crippen LogP contribution in [-0.2, 0) is 9.53 Å². The zero-order valence-electron chi connectivity index (χ0n) is 5.34. The van der Waals surface area contributed by atoms with Crippen LogP contribution in [0.15, 0.2) is 17.2 Å². The highest BCUT2D eigenvalue weighted by molar-refractivity contribution is 6.03. The van der Waals surface area contributed by atoms with Crippen molar-refractivity contribution in [3.8, 4) is 0 Å². The first-order chi connectivity index (χ1) is 4.24. The van der Waals surface area contributed by atoms with Gasteiger partial charge in [-0.2, -0.15) is 0 Å². The lowest BCUT2D eigenvalue weighted by molar-refractivity contribution is -0.130. The van der Waals surface area contributed by atoms with Crippen LogP contribution in [0.4, 0.5) is 0 Å². The Kier molecular flexibility index (Phi) is 0.687. The number of carbonyl (C=O) groups excluding carboxylic acids is 1. The highest BCUT2D eigenvalue weighted by Gasteiger charge is 2.16. The van der Waals surface area contributed by atoms with E-state index in [4.69, 9.17) is 1.37 Å². The summed E-state index contributed by atoms with van der Waals surface area (Å²) in [5.41, 5.74) is 0.0625. The largest absolute Gasteiger partial charge is 0.407 e. The lowest BCUT2D eigenvalue weighted by Crippen LogP contribution is -1.98. The van der Waals surface area contributed by atoms with E-state index in [1.165, 1.54) is 0 Å². The SMILES string of the molecule is [2H]C=C1N=C(C)OC1=O. The van der Waals surface area contributed by atoms with Gasteiger partial charge < -0.3 is 4.74 Å². The first-order valence-corrected chi connectivity index (χ1v) is 2.10. The number of ether oxygens (including phenoxy) is 1. The lowest BCUT2D eigenvalue weighted by atomic mass is 10.5. The number of cyclic esters (lactones) is 1. The van der Waals surface area contributed by atoms with Crippen LogP contribution in [0.25, 0.3) is 0 Å². The van der Waals surface area contributed by atoms with E-state index in [9.17, 15) is 4.79 Å². The Balaban J connectivity index is 2.89. The summed E-state index contributed by atoms with van der Waals surface area (Å²) in [6.45, 7) is 2.44. The van der Waals surface area contributed by atoms with E-state index in [-0.39, 0.29) is 5.70 Å². The molecule has 0 aliphatic carbocycles. The Hall–Kier alpha value is -1.12. The second kappa shape index (κ2) is 1.43. The quantitative estimate of drug-likeness (QED) is 0.337. The molecule has 0 spiro atoms. The standard InChI is InChI=1S/C5H5NO2/c1-3-5(7)8-4(2)6-3/h1H2,2H3/i1D. The molecule has 0 saturated heterocycles. The number of aliphatic imine (C=N–C) groups is 1. The maximum Gasteiger partial charge on any atom is 0.362 e. The van der Waals surface area contributed by atoms with Gasteiger partial charge >= 0.3 is 5.97 Å². The lowest BCUT2D eigenvalue weighted by Gasteiger charge is -1.84. The maximum absolute atomic E-state index is 10.5. The number of hydrogen-bond donors (Lipinski definition) is 0. The monoisotopic (exact) mass is 112 g/mol. The fourth-order valence-electron chi connectivity index (χ4n) is 0.425. The molecule has 3 nitrogen and oxygen atoms in total. The average molecular weight is 112 g/mol. The van der Waals surface area contributed by atoms with E-state index >= 15 is 0 Å². The third-order valence-electron chi connectivity index (χ3n) is 0.727. The molecule has 0 amide bonds. The molecule has 1 aliphatic heterocycles. The summed E-state index contributed by atoms with van der Waals surface area (Å²) in [4.78, 5) is 14.1. The van der Waals surface area contributed by atoms with Gasteiger partial charge in [0.1, 0.15) is 5.70 Å². The molecule has 0 fully saturated rings. The molecular formula is C5H5NO2. The molecule has 8 heavy (non-hydrogen) atoms. The Labute approximate surface area is 48.1 Å². The van der Waals surface area contributed by atoms with Crippen LogP contribution in [0.3, 0.4) is 0 Å². The number of carbonyl (C=O) groups is 1. The fraction of sp³-hybridized carbons (Fsp3) is 0.200. The molecule has 42 valence electrons. The molecule has 1 heterocycles. The molecular weight excluding hydrogens is 106 g/mol. The predicted octanol–water partition coefficient (Wildman–Crippen LogP) is 0.475. The Bertz CT molecular complexity index is 207. The first kappa shape index (κ1) is 3.83. The van der Waals surface area contributed by atoms with Crippen molar-refractivity contribution in [1.29, 1.82) is 0 Å². The molecule has 0 atom stereocenters. The molecule has 1 aliphatic rings. The van der Waals surface area contributed by atoms with E-state index in [0.29, 0.717) is 5.90 Å². The summed E-state index contributed by atoms with van der Waals surface area (Å²) in [7, 11) is 0. The number of hydrogen-bond acceptors (Lipinski definition) is 3. The van der Waals surface area contributed by atoms with Crippen LogP contribution < -0.4 is 0 Å². The van der Waals surface area contributed by atoms with Crippen molar-refractivity contribution in [2.45, 2.75) is 6.92 Å². The van der Waals surface area contributed by atoms with Crippen molar-refractivity contribution in [3.63, 3.8) is 0 Å². The van der Waals surface area contributed by atoms with Gasteiger partial charge in [-0.05, 0) is 0 Å². The fourth-order valence-corrected chi connectivity index (χ4v) is 0.425. The smallest absolute Gasteiger partial charge is 0.362 e. The third-order valence-corrected chi connectivity index (χ3v) is 0.727. The van der Waals surface area contributed by atoms with Crippen molar-refractivity contribution in [3.05, 3.63) is 12.3 Å². The minimum atomic E-state index is -0.539. The Morgan fingerprint density at radius 3 is 3.00 bits per heavy atom. The average Bonchev–Trinajstić information content (AvgIpc) is 2.10. The molecule has 1 rings (SSSR count). The number of rotatable bonds is 0. The third kappa shape index (κ3) is 0.621. The zero-order valence-corrected chi connectivity index (χ0v) is 4.34.